The van der Waals surface area contributed by atoms with Crippen molar-refractivity contribution >= 4 is 18.8 Å². The van der Waals surface area contributed by atoms with Gasteiger partial charge in [-0.1, -0.05) is 0 Å². The molecule has 0 bridgehead atoms. The molecule has 0 rings (SSSR count). The van der Waals surface area contributed by atoms with Gasteiger partial charge in [-0.3, -0.25) is 0 Å². The van der Waals surface area contributed by atoms with E-state index in [2.05, 4.69) is 0 Å². The summed E-state index contributed by atoms with van der Waals surface area (Å²) < 4.78 is 0. The zero-order valence-electron chi connectivity index (χ0n) is 2.11. The van der Waals surface area contributed by atoms with Crippen LogP contribution in [0.3, 0.4) is 0 Å². The van der Waals surface area contributed by atoms with Crippen molar-refractivity contribution in [3.8, 4) is 0 Å². The predicted octanol–water partition coefficient (Wildman–Crippen LogP) is -0.808. The fourth-order valence-electron chi connectivity index (χ4n) is 0. The van der Waals surface area contributed by atoms with Crippen molar-refractivity contribution in [2.75, 3.05) is 0 Å². The van der Waals surface area contributed by atoms with Crippen molar-refractivity contribution in [2.45, 2.75) is 0 Å². The third kappa shape index (κ3) is 37.3. The average molecular weight is 304 g/mol. The molecule has 0 spiro atoms. The number of halogens is 2. The van der Waals surface area contributed by atoms with Crippen LogP contribution in [0, 0.1) is 0 Å². The number of rotatable bonds is 0. The molecule has 0 aliphatic heterocycles. The molecule has 0 amide bonds. The Morgan fingerprint density at radius 1 is 1.00 bits per heavy atom. The molecule has 0 atom stereocenters. The Kier molecular flexibility index (Phi) is 62.3. The van der Waals surface area contributed by atoms with Crippen LogP contribution in [0.1, 0.15) is 0 Å². The van der Waals surface area contributed by atoms with Gasteiger partial charge in [0.25, 0.3) is 0 Å². The SMILES string of the molecule is O.O.[Cl][PtH2][Cl]. The average Bonchev–Trinajstić information content (AvgIpc) is 0.918. The molecule has 0 fully saturated rings. The molecule has 0 aromatic heterocycles. The zero-order chi connectivity index (χ0) is 2.71. The van der Waals surface area contributed by atoms with Gasteiger partial charge >= 0.3 is 35.3 Å². The molecule has 42 valence electrons. The molecule has 0 aromatic rings. The summed E-state index contributed by atoms with van der Waals surface area (Å²) in [6.45, 7) is 0. The van der Waals surface area contributed by atoms with Crippen LogP contribution < -0.4 is 0 Å². The molecule has 0 radical (unpaired) electrons. The van der Waals surface area contributed by atoms with Gasteiger partial charge in [0.2, 0.25) is 0 Å². The fraction of sp³-hybridized carbons (Fsp3) is 0. The van der Waals surface area contributed by atoms with Crippen molar-refractivity contribution < 1.29 is 27.4 Å². The minimum absolute atomic E-state index is 0. The van der Waals surface area contributed by atoms with Crippen molar-refractivity contribution in [1.82, 2.24) is 0 Å². The first kappa shape index (κ1) is 16.4. The molecule has 0 heterocycles. The molecule has 0 aromatic carbocycles. The molecule has 2 nitrogen and oxygen atoms in total. The molecular weight excluding hydrogens is 298 g/mol. The van der Waals surface area contributed by atoms with Crippen LogP contribution in [-0.2, 0) is 16.5 Å². The molecule has 0 saturated carbocycles. The summed E-state index contributed by atoms with van der Waals surface area (Å²) in [4.78, 5) is 0. The van der Waals surface area contributed by atoms with Gasteiger partial charge in [0, 0.05) is 0 Å². The summed E-state index contributed by atoms with van der Waals surface area (Å²) in [5.74, 6) is 0. The third-order valence-corrected chi connectivity index (χ3v) is 0. The van der Waals surface area contributed by atoms with Crippen LogP contribution in [0.15, 0.2) is 0 Å². The summed E-state index contributed by atoms with van der Waals surface area (Å²) in [5, 5.41) is 0. The van der Waals surface area contributed by atoms with E-state index in [0.717, 1.165) is 0 Å². The molecule has 0 aliphatic carbocycles. The maximum absolute atomic E-state index is 4.90. The Labute approximate surface area is 46.5 Å². The first-order valence-electron chi connectivity index (χ1n) is 0.267. The van der Waals surface area contributed by atoms with E-state index in [-0.39, 0.29) is 11.0 Å². The normalized spacial score (nSPS) is 4.40. The minimum atomic E-state index is -0.639. The van der Waals surface area contributed by atoms with Crippen LogP contribution in [0.2, 0.25) is 0 Å². The zero-order valence-corrected chi connectivity index (χ0v) is 6.16. The topological polar surface area (TPSA) is 63.0 Å². The second kappa shape index (κ2) is 19.0. The van der Waals surface area contributed by atoms with E-state index in [1.807, 2.05) is 0 Å². The molecule has 4 N–H and O–H groups in total. The fourth-order valence-corrected chi connectivity index (χ4v) is 0. The summed E-state index contributed by atoms with van der Waals surface area (Å²) in [5.41, 5.74) is 0. The van der Waals surface area contributed by atoms with E-state index < -0.39 is 16.5 Å². The molecular formula is H6Cl2O2Pt. The van der Waals surface area contributed by atoms with Crippen LogP contribution >= 0.6 is 18.8 Å². The Morgan fingerprint density at radius 3 is 1.00 bits per heavy atom. The standard InChI is InChI=1S/2ClH.2H2O.Pt.2H/h2*1H;2*1H2;;;/q;;;;+2;;/p-2. The van der Waals surface area contributed by atoms with Gasteiger partial charge in [-0.25, -0.2) is 0 Å². The van der Waals surface area contributed by atoms with Crippen LogP contribution in [0.4, 0.5) is 0 Å². The van der Waals surface area contributed by atoms with Crippen molar-refractivity contribution in [1.29, 1.82) is 0 Å². The Hall–Kier alpha value is 1.19. The third-order valence-electron chi connectivity index (χ3n) is 0. The summed E-state index contributed by atoms with van der Waals surface area (Å²) >= 11 is -0.639. The van der Waals surface area contributed by atoms with E-state index in [9.17, 15) is 0 Å². The van der Waals surface area contributed by atoms with Gasteiger partial charge in [-0.15, -0.1) is 0 Å². The van der Waals surface area contributed by atoms with Gasteiger partial charge in [0.15, 0.2) is 0 Å². The Bertz CT molecular complexity index is 7.61. The predicted molar refractivity (Wildman–Crippen MR) is 21.7 cm³/mol. The van der Waals surface area contributed by atoms with Crippen molar-refractivity contribution in [2.24, 2.45) is 0 Å². The molecule has 5 heteroatoms. The monoisotopic (exact) mass is 303 g/mol. The molecule has 0 saturated heterocycles. The van der Waals surface area contributed by atoms with Gasteiger partial charge in [0.05, 0.1) is 0 Å². The maximum atomic E-state index is 4.90. The molecule has 0 aliphatic rings. The number of hydrogen-bond acceptors (Lipinski definition) is 0. The molecule has 0 unspecified atom stereocenters. The first-order chi connectivity index (χ1) is 1.41. The van der Waals surface area contributed by atoms with Gasteiger partial charge in [0.1, 0.15) is 0 Å². The summed E-state index contributed by atoms with van der Waals surface area (Å²) in [6.07, 6.45) is 0. The first-order valence-corrected chi connectivity index (χ1v) is 6.56. The van der Waals surface area contributed by atoms with Gasteiger partial charge in [-0.05, 0) is 0 Å². The van der Waals surface area contributed by atoms with E-state index in [4.69, 9.17) is 18.8 Å². The summed E-state index contributed by atoms with van der Waals surface area (Å²) in [7, 11) is 9.81. The Morgan fingerprint density at radius 2 is 1.00 bits per heavy atom. The van der Waals surface area contributed by atoms with E-state index >= 15 is 0 Å². The summed E-state index contributed by atoms with van der Waals surface area (Å²) in [6, 6.07) is 0. The van der Waals surface area contributed by atoms with Gasteiger partial charge in [-0.2, -0.15) is 0 Å². The Balaban J connectivity index is -0.0000000200. The van der Waals surface area contributed by atoms with Crippen LogP contribution in [-0.4, -0.2) is 11.0 Å². The van der Waals surface area contributed by atoms with Crippen LogP contribution in [0.25, 0.3) is 0 Å². The second-order valence-electron chi connectivity index (χ2n) is 0.0505. The van der Waals surface area contributed by atoms with E-state index in [1.165, 1.54) is 0 Å². The number of hydrogen-bond donors (Lipinski definition) is 0. The van der Waals surface area contributed by atoms with Gasteiger partial charge < -0.3 is 11.0 Å². The van der Waals surface area contributed by atoms with E-state index in [0.29, 0.717) is 0 Å². The van der Waals surface area contributed by atoms with Crippen molar-refractivity contribution in [3.05, 3.63) is 0 Å². The van der Waals surface area contributed by atoms with E-state index in [1.54, 1.807) is 0 Å². The second-order valence-corrected chi connectivity index (χ2v) is 3.72. The van der Waals surface area contributed by atoms with Crippen molar-refractivity contribution in [3.63, 3.8) is 0 Å². The van der Waals surface area contributed by atoms with Crippen LogP contribution in [0.5, 0.6) is 0 Å². The molecule has 5 heavy (non-hydrogen) atoms. The quantitative estimate of drug-likeness (QED) is 0.562.